The van der Waals surface area contributed by atoms with E-state index in [-0.39, 0.29) is 11.6 Å². The van der Waals surface area contributed by atoms with Gasteiger partial charge in [-0.15, -0.1) is 0 Å². The first-order valence-electron chi connectivity index (χ1n) is 7.69. The number of alkyl carbamates (subject to hydrolysis) is 1. The van der Waals surface area contributed by atoms with E-state index >= 15 is 0 Å². The van der Waals surface area contributed by atoms with Gasteiger partial charge in [0.05, 0.1) is 19.9 Å². The number of amides is 2. The van der Waals surface area contributed by atoms with Crippen molar-refractivity contribution in [2.45, 2.75) is 19.4 Å². The Morgan fingerprint density at radius 1 is 1.15 bits per heavy atom. The quantitative estimate of drug-likeness (QED) is 0.747. The Balaban J connectivity index is 2.15. The van der Waals surface area contributed by atoms with Gasteiger partial charge < -0.3 is 20.1 Å². The zero-order chi connectivity index (χ0) is 19.1. The summed E-state index contributed by atoms with van der Waals surface area (Å²) in [5.74, 6) is -0.988. The lowest BCUT2D eigenvalue weighted by Crippen LogP contribution is -2.45. The SMILES string of the molecule is COC(=O)N[C@H](Cc1ccccc1)C(=O)Nc1nc(C)c(C(=O)OC)s1. The van der Waals surface area contributed by atoms with Crippen LogP contribution in [0.4, 0.5) is 9.93 Å². The van der Waals surface area contributed by atoms with Gasteiger partial charge in [-0.05, 0) is 12.5 Å². The predicted molar refractivity (Wildman–Crippen MR) is 96.3 cm³/mol. The van der Waals surface area contributed by atoms with Gasteiger partial charge in [0.25, 0.3) is 0 Å². The molecule has 0 spiro atoms. The third-order valence-corrected chi connectivity index (χ3v) is 4.53. The lowest BCUT2D eigenvalue weighted by molar-refractivity contribution is -0.118. The molecule has 2 rings (SSSR count). The number of rotatable bonds is 6. The van der Waals surface area contributed by atoms with E-state index in [9.17, 15) is 14.4 Å². The number of hydrogen-bond donors (Lipinski definition) is 2. The lowest BCUT2D eigenvalue weighted by atomic mass is 10.1. The summed E-state index contributed by atoms with van der Waals surface area (Å²) in [6, 6.07) is 8.38. The number of carbonyl (C=O) groups excluding carboxylic acids is 3. The zero-order valence-electron chi connectivity index (χ0n) is 14.6. The van der Waals surface area contributed by atoms with Crippen LogP contribution in [-0.2, 0) is 20.7 Å². The number of esters is 1. The van der Waals surface area contributed by atoms with Crippen molar-refractivity contribution in [3.63, 3.8) is 0 Å². The summed E-state index contributed by atoms with van der Waals surface area (Å²) in [5, 5.41) is 5.37. The number of benzene rings is 1. The fraction of sp³-hybridized carbons (Fsp3) is 0.294. The fourth-order valence-corrected chi connectivity index (χ4v) is 3.07. The molecule has 0 bridgehead atoms. The van der Waals surface area contributed by atoms with E-state index < -0.39 is 24.0 Å². The summed E-state index contributed by atoms with van der Waals surface area (Å²) in [6.07, 6.45) is -0.442. The molecule has 2 aromatic rings. The van der Waals surface area contributed by atoms with Crippen molar-refractivity contribution in [2.75, 3.05) is 19.5 Å². The molecule has 26 heavy (non-hydrogen) atoms. The van der Waals surface area contributed by atoms with Crippen LogP contribution in [0.25, 0.3) is 0 Å². The number of hydrogen-bond acceptors (Lipinski definition) is 7. The number of nitrogens with zero attached hydrogens (tertiary/aromatic N) is 1. The molecule has 2 amide bonds. The first kappa shape index (κ1) is 19.4. The van der Waals surface area contributed by atoms with E-state index in [0.29, 0.717) is 10.6 Å². The summed E-state index contributed by atoms with van der Waals surface area (Å²) in [4.78, 5) is 40.3. The monoisotopic (exact) mass is 377 g/mol. The molecule has 138 valence electrons. The Morgan fingerprint density at radius 3 is 2.46 bits per heavy atom. The highest BCUT2D eigenvalue weighted by Gasteiger charge is 2.24. The molecule has 1 aromatic heterocycles. The first-order valence-corrected chi connectivity index (χ1v) is 8.51. The third-order valence-electron chi connectivity index (χ3n) is 3.47. The molecule has 1 atom stereocenters. The number of aromatic nitrogens is 1. The van der Waals surface area contributed by atoms with Crippen LogP contribution in [0, 0.1) is 6.92 Å². The van der Waals surface area contributed by atoms with Crippen LogP contribution in [-0.4, -0.2) is 43.2 Å². The maximum absolute atomic E-state index is 12.6. The zero-order valence-corrected chi connectivity index (χ0v) is 15.4. The van der Waals surface area contributed by atoms with Gasteiger partial charge in [-0.2, -0.15) is 0 Å². The van der Waals surface area contributed by atoms with Gasteiger partial charge in [0.15, 0.2) is 5.13 Å². The van der Waals surface area contributed by atoms with Crippen LogP contribution >= 0.6 is 11.3 Å². The second-order valence-corrected chi connectivity index (χ2v) is 6.29. The highest BCUT2D eigenvalue weighted by Crippen LogP contribution is 2.23. The van der Waals surface area contributed by atoms with Gasteiger partial charge in [-0.3, -0.25) is 4.79 Å². The van der Waals surface area contributed by atoms with E-state index in [2.05, 4.69) is 25.1 Å². The summed E-state index contributed by atoms with van der Waals surface area (Å²) in [5.41, 5.74) is 1.33. The maximum atomic E-state index is 12.6. The highest BCUT2D eigenvalue weighted by atomic mass is 32.1. The highest BCUT2D eigenvalue weighted by molar-refractivity contribution is 7.17. The van der Waals surface area contributed by atoms with E-state index in [4.69, 9.17) is 0 Å². The van der Waals surface area contributed by atoms with E-state index in [1.165, 1.54) is 14.2 Å². The first-order chi connectivity index (χ1) is 12.4. The Morgan fingerprint density at radius 2 is 1.85 bits per heavy atom. The van der Waals surface area contributed by atoms with Crippen molar-refractivity contribution >= 4 is 34.4 Å². The van der Waals surface area contributed by atoms with Crippen LogP contribution < -0.4 is 10.6 Å². The molecule has 0 saturated carbocycles. The molecule has 0 fully saturated rings. The summed E-state index contributed by atoms with van der Waals surface area (Å²) < 4.78 is 9.26. The van der Waals surface area contributed by atoms with Crippen molar-refractivity contribution in [3.05, 3.63) is 46.5 Å². The van der Waals surface area contributed by atoms with E-state index in [1.807, 2.05) is 30.3 Å². The van der Waals surface area contributed by atoms with Crippen LogP contribution in [0.5, 0.6) is 0 Å². The summed E-state index contributed by atoms with van der Waals surface area (Å²) in [6.45, 7) is 1.65. The second-order valence-electron chi connectivity index (χ2n) is 5.29. The Labute approximate surface area is 154 Å². The van der Waals surface area contributed by atoms with Crippen LogP contribution in [0.1, 0.15) is 20.9 Å². The molecule has 8 nitrogen and oxygen atoms in total. The maximum Gasteiger partial charge on any atom is 0.407 e. The van der Waals surface area contributed by atoms with Gasteiger partial charge in [-0.25, -0.2) is 14.6 Å². The number of methoxy groups -OCH3 is 2. The standard InChI is InChI=1S/C17H19N3O5S/c1-10-13(15(22)24-2)26-16(18-10)20-14(21)12(19-17(23)25-3)9-11-7-5-4-6-8-11/h4-8,12H,9H2,1-3H3,(H,19,23)(H,18,20,21)/t12-/m1/s1. The molecule has 0 saturated heterocycles. The van der Waals surface area contributed by atoms with Crippen LogP contribution in [0.15, 0.2) is 30.3 Å². The number of anilines is 1. The minimum Gasteiger partial charge on any atom is -0.465 e. The largest absolute Gasteiger partial charge is 0.465 e. The summed E-state index contributed by atoms with van der Waals surface area (Å²) in [7, 11) is 2.50. The topological polar surface area (TPSA) is 107 Å². The number of thiazole rings is 1. The molecule has 1 aromatic carbocycles. The minimum absolute atomic E-state index is 0.248. The Kier molecular flexibility index (Phi) is 6.67. The van der Waals surface area contributed by atoms with Gasteiger partial charge in [-0.1, -0.05) is 41.7 Å². The van der Waals surface area contributed by atoms with Gasteiger partial charge in [0.1, 0.15) is 10.9 Å². The number of ether oxygens (including phenoxy) is 2. The number of aryl methyl sites for hydroxylation is 1. The average Bonchev–Trinajstić information content (AvgIpc) is 3.01. The summed E-state index contributed by atoms with van der Waals surface area (Å²) >= 11 is 1.01. The molecule has 0 aliphatic carbocycles. The van der Waals surface area contributed by atoms with Crippen molar-refractivity contribution < 1.29 is 23.9 Å². The van der Waals surface area contributed by atoms with Crippen molar-refractivity contribution in [3.8, 4) is 0 Å². The van der Waals surface area contributed by atoms with Gasteiger partial charge in [0, 0.05) is 6.42 Å². The molecule has 1 heterocycles. The van der Waals surface area contributed by atoms with Crippen molar-refractivity contribution in [2.24, 2.45) is 0 Å². The van der Waals surface area contributed by atoms with Crippen molar-refractivity contribution in [1.82, 2.24) is 10.3 Å². The number of carbonyl (C=O) groups is 3. The molecule has 9 heteroatoms. The van der Waals surface area contributed by atoms with Gasteiger partial charge >= 0.3 is 12.1 Å². The average molecular weight is 377 g/mol. The molecular weight excluding hydrogens is 358 g/mol. The lowest BCUT2D eigenvalue weighted by Gasteiger charge is -2.17. The Bertz CT molecular complexity index is 791. The Hall–Kier alpha value is -2.94. The number of nitrogens with one attached hydrogen (secondary N) is 2. The molecule has 0 aliphatic heterocycles. The van der Waals surface area contributed by atoms with Crippen molar-refractivity contribution in [1.29, 1.82) is 0 Å². The minimum atomic E-state index is -0.865. The second kappa shape index (κ2) is 8.95. The van der Waals surface area contributed by atoms with E-state index in [0.717, 1.165) is 16.9 Å². The smallest absolute Gasteiger partial charge is 0.407 e. The molecular formula is C17H19N3O5S. The molecule has 0 radical (unpaired) electrons. The van der Waals surface area contributed by atoms with Gasteiger partial charge in [0.2, 0.25) is 5.91 Å². The molecule has 0 aliphatic rings. The van der Waals surface area contributed by atoms with Crippen LogP contribution in [0.2, 0.25) is 0 Å². The molecule has 2 N–H and O–H groups in total. The third kappa shape index (κ3) is 5.03. The normalized spacial score (nSPS) is 11.3. The van der Waals surface area contributed by atoms with Crippen LogP contribution in [0.3, 0.4) is 0 Å². The molecule has 0 unspecified atom stereocenters. The predicted octanol–water partition coefficient (Wildman–Crippen LogP) is 2.14. The van der Waals surface area contributed by atoms with E-state index in [1.54, 1.807) is 6.92 Å². The fourth-order valence-electron chi connectivity index (χ4n) is 2.18.